The van der Waals surface area contributed by atoms with Crippen LogP contribution < -0.4 is 9.80 Å². The fraction of sp³-hybridized carbons (Fsp3) is 0.538. The minimum atomic E-state index is -0.0530. The van der Waals surface area contributed by atoms with Gasteiger partial charge in [-0.05, 0) is 56.7 Å². The van der Waals surface area contributed by atoms with Crippen molar-refractivity contribution in [1.82, 2.24) is 14.9 Å². The summed E-state index contributed by atoms with van der Waals surface area (Å²) < 4.78 is 0. The molecule has 2 amide bonds. The molecule has 0 N–H and O–H groups in total. The zero-order valence-corrected chi connectivity index (χ0v) is 20.3. The van der Waals surface area contributed by atoms with E-state index in [0.29, 0.717) is 43.2 Å². The van der Waals surface area contributed by atoms with Crippen molar-refractivity contribution < 1.29 is 9.59 Å². The van der Waals surface area contributed by atoms with Gasteiger partial charge < -0.3 is 9.80 Å². The predicted octanol–water partition coefficient (Wildman–Crippen LogP) is 3.98. The molecule has 1 aromatic heterocycles. The monoisotopic (exact) mass is 449 g/mol. The van der Waals surface area contributed by atoms with E-state index in [4.69, 9.17) is 4.98 Å². The van der Waals surface area contributed by atoms with E-state index < -0.39 is 0 Å². The number of carbonyl (C=O) groups excluding carboxylic acids is 2. The summed E-state index contributed by atoms with van der Waals surface area (Å²) in [7, 11) is 1.78. The van der Waals surface area contributed by atoms with Crippen LogP contribution in [0.5, 0.6) is 0 Å². The van der Waals surface area contributed by atoms with Crippen LogP contribution in [0.4, 0.5) is 11.5 Å². The van der Waals surface area contributed by atoms with Crippen molar-refractivity contribution in [1.29, 1.82) is 0 Å². The van der Waals surface area contributed by atoms with Gasteiger partial charge >= 0.3 is 0 Å². The lowest BCUT2D eigenvalue weighted by Crippen LogP contribution is -2.38. The number of hydrogen-bond donors (Lipinski definition) is 0. The smallest absolute Gasteiger partial charge is 0.254 e. The SMILES string of the molecule is Cc1nc(CN(C)C(=O)c2cccc(N3CCCC3)c2)nc2c1CCC(=O)N2CCC(C)C. The van der Waals surface area contributed by atoms with Gasteiger partial charge in [-0.25, -0.2) is 9.97 Å². The lowest BCUT2D eigenvalue weighted by atomic mass is 10.0. The van der Waals surface area contributed by atoms with Gasteiger partial charge in [-0.1, -0.05) is 19.9 Å². The third kappa shape index (κ3) is 5.18. The fourth-order valence-electron chi connectivity index (χ4n) is 4.64. The number of carbonyl (C=O) groups is 2. The molecule has 3 heterocycles. The van der Waals surface area contributed by atoms with Crippen molar-refractivity contribution >= 4 is 23.3 Å². The number of fused-ring (bicyclic) bond motifs is 1. The Hall–Kier alpha value is -2.96. The molecular formula is C26H35N5O2. The van der Waals surface area contributed by atoms with Crippen LogP contribution in [-0.4, -0.2) is 53.4 Å². The molecule has 0 atom stereocenters. The molecule has 7 nitrogen and oxygen atoms in total. The fourth-order valence-corrected chi connectivity index (χ4v) is 4.64. The second-order valence-electron chi connectivity index (χ2n) is 9.66. The number of aromatic nitrogens is 2. The molecule has 0 aliphatic carbocycles. The van der Waals surface area contributed by atoms with Crippen molar-refractivity contribution in [2.75, 3.05) is 36.5 Å². The summed E-state index contributed by atoms with van der Waals surface area (Å²) in [6, 6.07) is 7.87. The molecule has 0 bridgehead atoms. The van der Waals surface area contributed by atoms with Gasteiger partial charge in [0.05, 0.1) is 6.54 Å². The average molecular weight is 450 g/mol. The van der Waals surface area contributed by atoms with E-state index in [2.05, 4.69) is 29.8 Å². The lowest BCUT2D eigenvalue weighted by Gasteiger charge is -2.30. The van der Waals surface area contributed by atoms with Crippen LogP contribution in [0.1, 0.15) is 67.0 Å². The van der Waals surface area contributed by atoms with Gasteiger partial charge in [0.25, 0.3) is 5.91 Å². The first kappa shape index (κ1) is 23.2. The van der Waals surface area contributed by atoms with Crippen molar-refractivity contribution in [3.63, 3.8) is 0 Å². The number of hydrogen-bond acceptors (Lipinski definition) is 5. The zero-order valence-electron chi connectivity index (χ0n) is 20.3. The highest BCUT2D eigenvalue weighted by molar-refractivity contribution is 5.96. The lowest BCUT2D eigenvalue weighted by molar-refractivity contribution is -0.119. The molecule has 2 aromatic rings. The van der Waals surface area contributed by atoms with Gasteiger partial charge in [-0.15, -0.1) is 0 Å². The van der Waals surface area contributed by atoms with Crippen molar-refractivity contribution in [2.45, 2.75) is 59.4 Å². The second kappa shape index (κ2) is 9.89. The van der Waals surface area contributed by atoms with Gasteiger partial charge in [-0.2, -0.15) is 0 Å². The Morgan fingerprint density at radius 2 is 1.91 bits per heavy atom. The zero-order chi connectivity index (χ0) is 23.5. The third-order valence-electron chi connectivity index (χ3n) is 6.60. The number of benzene rings is 1. The van der Waals surface area contributed by atoms with Crippen molar-refractivity contribution in [3.05, 3.63) is 46.9 Å². The number of anilines is 2. The highest BCUT2D eigenvalue weighted by Gasteiger charge is 2.28. The highest BCUT2D eigenvalue weighted by atomic mass is 16.2. The summed E-state index contributed by atoms with van der Waals surface area (Å²) in [5, 5.41) is 0. The quantitative estimate of drug-likeness (QED) is 0.639. The molecule has 1 aromatic carbocycles. The topological polar surface area (TPSA) is 69.6 Å². The average Bonchev–Trinajstić information content (AvgIpc) is 3.33. The van der Waals surface area contributed by atoms with Crippen molar-refractivity contribution in [2.24, 2.45) is 5.92 Å². The summed E-state index contributed by atoms with van der Waals surface area (Å²) in [5.74, 6) is 1.87. The van der Waals surface area contributed by atoms with Gasteiger partial charge in [-0.3, -0.25) is 14.5 Å². The van der Waals surface area contributed by atoms with Crippen LogP contribution in [0.2, 0.25) is 0 Å². The first-order valence-corrected chi connectivity index (χ1v) is 12.1. The third-order valence-corrected chi connectivity index (χ3v) is 6.60. The van der Waals surface area contributed by atoms with Gasteiger partial charge in [0, 0.05) is 55.6 Å². The number of nitrogens with zero attached hydrogens (tertiary/aromatic N) is 5. The Morgan fingerprint density at radius 1 is 1.15 bits per heavy atom. The number of amides is 2. The van der Waals surface area contributed by atoms with Crippen LogP contribution in [0.15, 0.2) is 24.3 Å². The van der Waals surface area contributed by atoms with Gasteiger partial charge in [0.1, 0.15) is 11.6 Å². The van der Waals surface area contributed by atoms with E-state index in [1.807, 2.05) is 30.0 Å². The van der Waals surface area contributed by atoms with Crippen LogP contribution in [0, 0.1) is 12.8 Å². The first-order valence-electron chi connectivity index (χ1n) is 12.1. The molecule has 2 aliphatic heterocycles. The normalized spacial score (nSPS) is 15.8. The van der Waals surface area contributed by atoms with Gasteiger partial charge in [0.2, 0.25) is 5.91 Å². The van der Waals surface area contributed by atoms with Crippen LogP contribution in [0.3, 0.4) is 0 Å². The maximum Gasteiger partial charge on any atom is 0.254 e. The summed E-state index contributed by atoms with van der Waals surface area (Å²) in [5.41, 5.74) is 3.72. The molecule has 7 heteroatoms. The largest absolute Gasteiger partial charge is 0.372 e. The summed E-state index contributed by atoms with van der Waals surface area (Å²) in [6.07, 6.45) is 4.50. The maximum absolute atomic E-state index is 13.2. The predicted molar refractivity (Wildman–Crippen MR) is 131 cm³/mol. The number of rotatable bonds is 7. The minimum Gasteiger partial charge on any atom is -0.372 e. The van der Waals surface area contributed by atoms with E-state index in [-0.39, 0.29) is 11.8 Å². The molecule has 0 unspecified atom stereocenters. The standard InChI is InChI=1S/C26H35N5O2/c1-18(2)12-15-31-24(32)11-10-22-19(3)27-23(28-25(22)31)17-29(4)26(33)20-8-7-9-21(16-20)30-13-5-6-14-30/h7-9,16,18H,5-6,10-15,17H2,1-4H3. The van der Waals surface area contributed by atoms with E-state index in [0.717, 1.165) is 42.3 Å². The first-order chi connectivity index (χ1) is 15.8. The van der Waals surface area contributed by atoms with Crippen LogP contribution in [0.25, 0.3) is 0 Å². The minimum absolute atomic E-state index is 0.0530. The molecule has 2 aliphatic rings. The molecule has 176 valence electrons. The van der Waals surface area contributed by atoms with E-state index in [1.54, 1.807) is 11.9 Å². The Kier molecular flexibility index (Phi) is 6.96. The Balaban J connectivity index is 1.53. The molecule has 1 saturated heterocycles. The van der Waals surface area contributed by atoms with Crippen LogP contribution >= 0.6 is 0 Å². The molecule has 0 saturated carbocycles. The Bertz CT molecular complexity index is 1030. The molecule has 4 rings (SSSR count). The molecule has 1 fully saturated rings. The van der Waals surface area contributed by atoms with Crippen molar-refractivity contribution in [3.8, 4) is 0 Å². The van der Waals surface area contributed by atoms with E-state index in [9.17, 15) is 9.59 Å². The molecule has 0 spiro atoms. The summed E-state index contributed by atoms with van der Waals surface area (Å²) in [6.45, 7) is 9.34. The second-order valence-corrected chi connectivity index (χ2v) is 9.66. The van der Waals surface area contributed by atoms with E-state index in [1.165, 1.54) is 12.8 Å². The van der Waals surface area contributed by atoms with E-state index >= 15 is 0 Å². The van der Waals surface area contributed by atoms with Crippen LogP contribution in [-0.2, 0) is 17.8 Å². The number of aryl methyl sites for hydroxylation is 1. The Labute approximate surface area is 196 Å². The molecule has 0 radical (unpaired) electrons. The Morgan fingerprint density at radius 3 is 2.64 bits per heavy atom. The highest BCUT2D eigenvalue weighted by Crippen LogP contribution is 2.29. The molecular weight excluding hydrogens is 414 g/mol. The molecule has 33 heavy (non-hydrogen) atoms. The maximum atomic E-state index is 13.2. The van der Waals surface area contributed by atoms with Gasteiger partial charge in [0.15, 0.2) is 0 Å². The summed E-state index contributed by atoms with van der Waals surface area (Å²) in [4.78, 5) is 41.1. The summed E-state index contributed by atoms with van der Waals surface area (Å²) >= 11 is 0.